The fourth-order valence-electron chi connectivity index (χ4n) is 1.76. The van der Waals surface area contributed by atoms with E-state index in [1.807, 2.05) is 91.0 Å². The molecule has 0 fully saturated rings. The molecule has 0 spiro atoms. The third kappa shape index (κ3) is 5.48. The van der Waals surface area contributed by atoms with Crippen LogP contribution >= 0.6 is 21.0 Å². The highest BCUT2D eigenvalue weighted by Gasteiger charge is 2.19. The van der Waals surface area contributed by atoms with Gasteiger partial charge in [-0.05, 0) is 36.4 Å². The van der Waals surface area contributed by atoms with Crippen LogP contribution in [0.15, 0.2) is 91.0 Å². The third-order valence-electron chi connectivity index (χ3n) is 2.77. The molecule has 0 radical (unpaired) electrons. The lowest BCUT2D eigenvalue weighted by Crippen LogP contribution is -2.02. The van der Waals surface area contributed by atoms with Crippen LogP contribution < -0.4 is 13.6 Å². The second-order valence-corrected chi connectivity index (χ2v) is 5.43. The lowest BCUT2D eigenvalue weighted by Gasteiger charge is -2.17. The molecular weight excluding hydrogens is 331 g/mol. The second kappa shape index (κ2) is 9.04. The van der Waals surface area contributed by atoms with Gasteiger partial charge in [-0.1, -0.05) is 54.6 Å². The van der Waals surface area contributed by atoms with Crippen LogP contribution in [0.4, 0.5) is 0 Å². The molecule has 0 aliphatic carbocycles. The van der Waals surface area contributed by atoms with E-state index in [1.54, 1.807) is 0 Å². The minimum absolute atomic E-state index is 0. The van der Waals surface area contributed by atoms with Gasteiger partial charge in [0.25, 0.3) is 0 Å². The lowest BCUT2D eigenvalue weighted by molar-refractivity contribution is 0.388. The molecule has 0 aliphatic rings. The van der Waals surface area contributed by atoms with Gasteiger partial charge in [-0.2, -0.15) is 0 Å². The summed E-state index contributed by atoms with van der Waals surface area (Å²) in [6, 6.07) is 28.5. The average molecular weight is 347 g/mol. The topological polar surface area (TPSA) is 27.7 Å². The van der Waals surface area contributed by atoms with Crippen molar-refractivity contribution in [1.82, 2.24) is 0 Å². The Morgan fingerprint density at radius 2 is 0.696 bits per heavy atom. The molecule has 0 amide bonds. The van der Waals surface area contributed by atoms with Gasteiger partial charge in [0.2, 0.25) is 0 Å². The summed E-state index contributed by atoms with van der Waals surface area (Å²) >= 11 is 0. The molecule has 0 N–H and O–H groups in total. The van der Waals surface area contributed by atoms with Crippen LogP contribution in [0, 0.1) is 0 Å². The third-order valence-corrected chi connectivity index (χ3v) is 3.85. The van der Waals surface area contributed by atoms with E-state index in [1.165, 1.54) is 0 Å². The maximum Gasteiger partial charge on any atom is 0.530 e. The van der Waals surface area contributed by atoms with Crippen LogP contribution in [0.2, 0.25) is 0 Å². The number of benzene rings is 3. The highest BCUT2D eigenvalue weighted by molar-refractivity contribution is 7.43. The molecule has 0 atom stereocenters. The van der Waals surface area contributed by atoms with Crippen LogP contribution in [-0.2, 0) is 0 Å². The van der Waals surface area contributed by atoms with Crippen LogP contribution in [0.25, 0.3) is 0 Å². The summed E-state index contributed by atoms with van der Waals surface area (Å²) in [6.07, 6.45) is 0. The maximum absolute atomic E-state index is 5.84. The minimum atomic E-state index is -1.59. The Balaban J connectivity index is 0.00000192. The normalized spacial score (nSPS) is 9.78. The molecule has 23 heavy (non-hydrogen) atoms. The van der Waals surface area contributed by atoms with E-state index in [2.05, 4.69) is 0 Å². The molecule has 3 aromatic carbocycles. The Hall–Kier alpha value is -2.22. The summed E-state index contributed by atoms with van der Waals surface area (Å²) in [4.78, 5) is 0. The van der Waals surface area contributed by atoms with E-state index in [-0.39, 0.29) is 12.4 Å². The van der Waals surface area contributed by atoms with Gasteiger partial charge < -0.3 is 13.6 Å². The van der Waals surface area contributed by atoms with Crippen molar-refractivity contribution in [2.24, 2.45) is 0 Å². The SMILES string of the molecule is Cl.c1ccc(OP(Oc2ccccc2)Oc2ccccc2)cc1. The molecule has 0 saturated carbocycles. The van der Waals surface area contributed by atoms with Gasteiger partial charge in [0.05, 0.1) is 0 Å². The Morgan fingerprint density at radius 3 is 0.957 bits per heavy atom. The van der Waals surface area contributed by atoms with Crippen molar-refractivity contribution in [3.05, 3.63) is 91.0 Å². The Bertz CT molecular complexity index is 582. The number of halogens is 1. The Morgan fingerprint density at radius 1 is 0.435 bits per heavy atom. The summed E-state index contributed by atoms with van der Waals surface area (Å²) in [7, 11) is -1.59. The zero-order valence-electron chi connectivity index (χ0n) is 12.2. The standard InChI is InChI=1S/C18H15O3P.ClH/c1-4-10-16(11-5-1)19-22(20-17-12-6-2-7-13-17)21-18-14-8-3-9-15-18;/h1-15H;1H. The van der Waals surface area contributed by atoms with Crippen LogP contribution in [-0.4, -0.2) is 0 Å². The molecule has 0 unspecified atom stereocenters. The Labute approximate surface area is 143 Å². The van der Waals surface area contributed by atoms with Crippen molar-refractivity contribution >= 4 is 21.0 Å². The zero-order chi connectivity index (χ0) is 15.0. The second-order valence-electron chi connectivity index (χ2n) is 4.44. The van der Waals surface area contributed by atoms with Crippen molar-refractivity contribution in [3.63, 3.8) is 0 Å². The summed E-state index contributed by atoms with van der Waals surface area (Å²) in [5.41, 5.74) is 0. The van der Waals surface area contributed by atoms with Crippen LogP contribution in [0.3, 0.4) is 0 Å². The first-order valence-electron chi connectivity index (χ1n) is 6.89. The molecule has 3 aromatic rings. The van der Waals surface area contributed by atoms with Gasteiger partial charge in [-0.15, -0.1) is 12.4 Å². The van der Waals surface area contributed by atoms with Crippen molar-refractivity contribution in [2.45, 2.75) is 0 Å². The van der Waals surface area contributed by atoms with Gasteiger partial charge >= 0.3 is 8.60 Å². The van der Waals surface area contributed by atoms with E-state index in [9.17, 15) is 0 Å². The summed E-state index contributed by atoms with van der Waals surface area (Å²) in [6.45, 7) is 0. The van der Waals surface area contributed by atoms with E-state index in [0.717, 1.165) is 0 Å². The first-order chi connectivity index (χ1) is 10.9. The predicted molar refractivity (Wildman–Crippen MR) is 95.4 cm³/mol. The predicted octanol–water partition coefficient (Wildman–Crippen LogP) is 5.87. The van der Waals surface area contributed by atoms with E-state index >= 15 is 0 Å². The fourth-order valence-corrected chi connectivity index (χ4v) is 2.75. The first kappa shape index (κ1) is 17.1. The summed E-state index contributed by atoms with van der Waals surface area (Å²) in [5, 5.41) is 0. The zero-order valence-corrected chi connectivity index (χ0v) is 14.0. The molecule has 0 heterocycles. The largest absolute Gasteiger partial charge is 0.530 e. The summed E-state index contributed by atoms with van der Waals surface area (Å²) in [5.74, 6) is 2.13. The quantitative estimate of drug-likeness (QED) is 0.522. The molecule has 0 aliphatic heterocycles. The average Bonchev–Trinajstić information content (AvgIpc) is 2.57. The van der Waals surface area contributed by atoms with Crippen molar-refractivity contribution < 1.29 is 13.6 Å². The number of rotatable bonds is 6. The van der Waals surface area contributed by atoms with Crippen molar-refractivity contribution in [1.29, 1.82) is 0 Å². The summed E-state index contributed by atoms with van der Waals surface area (Å²) < 4.78 is 17.5. The highest BCUT2D eigenvalue weighted by atomic mass is 35.5. The van der Waals surface area contributed by atoms with Gasteiger partial charge in [0, 0.05) is 0 Å². The van der Waals surface area contributed by atoms with Gasteiger partial charge in [-0.25, -0.2) is 0 Å². The van der Waals surface area contributed by atoms with Crippen LogP contribution in [0.5, 0.6) is 17.2 Å². The molecule has 0 aromatic heterocycles. The number of hydrogen-bond acceptors (Lipinski definition) is 3. The molecule has 118 valence electrons. The smallest absolute Gasteiger partial charge is 0.409 e. The highest BCUT2D eigenvalue weighted by Crippen LogP contribution is 2.41. The molecular formula is C18H16ClO3P. The molecule has 0 saturated heterocycles. The van der Waals surface area contributed by atoms with Gasteiger partial charge in [0.15, 0.2) is 0 Å². The molecule has 3 rings (SSSR count). The maximum atomic E-state index is 5.84. The minimum Gasteiger partial charge on any atom is -0.409 e. The van der Waals surface area contributed by atoms with Crippen molar-refractivity contribution in [2.75, 3.05) is 0 Å². The number of para-hydroxylation sites is 3. The fraction of sp³-hybridized carbons (Fsp3) is 0. The van der Waals surface area contributed by atoms with E-state index in [0.29, 0.717) is 17.2 Å². The molecule has 0 bridgehead atoms. The lowest BCUT2D eigenvalue weighted by atomic mass is 10.3. The first-order valence-corrected chi connectivity index (χ1v) is 7.99. The Kier molecular flexibility index (Phi) is 6.74. The molecule has 3 nitrogen and oxygen atoms in total. The van der Waals surface area contributed by atoms with E-state index < -0.39 is 8.60 Å². The van der Waals surface area contributed by atoms with Crippen LogP contribution in [0.1, 0.15) is 0 Å². The van der Waals surface area contributed by atoms with Crippen molar-refractivity contribution in [3.8, 4) is 17.2 Å². The van der Waals surface area contributed by atoms with Gasteiger partial charge in [0.1, 0.15) is 17.2 Å². The van der Waals surface area contributed by atoms with E-state index in [4.69, 9.17) is 13.6 Å². The number of hydrogen-bond donors (Lipinski definition) is 0. The van der Waals surface area contributed by atoms with Gasteiger partial charge in [-0.3, -0.25) is 0 Å². The monoisotopic (exact) mass is 346 g/mol. The molecule has 5 heteroatoms.